The minimum Gasteiger partial charge on any atom is -0.308 e. The van der Waals surface area contributed by atoms with Crippen LogP contribution in [0.2, 0.25) is 0 Å². The lowest BCUT2D eigenvalue weighted by Crippen LogP contribution is -2.15. The van der Waals surface area contributed by atoms with Gasteiger partial charge in [0, 0.05) is 19.2 Å². The zero-order valence-electron chi connectivity index (χ0n) is 11.1. The van der Waals surface area contributed by atoms with Gasteiger partial charge in [-0.15, -0.1) is 0 Å². The van der Waals surface area contributed by atoms with Crippen LogP contribution in [0.4, 0.5) is 5.82 Å². The number of nitrogens with one attached hydrogen (secondary N) is 1. The minimum atomic E-state index is -0.0611. The summed E-state index contributed by atoms with van der Waals surface area (Å²) in [6.45, 7) is 0. The molecule has 1 aliphatic rings. The van der Waals surface area contributed by atoms with Crippen LogP contribution in [0.3, 0.4) is 0 Å². The summed E-state index contributed by atoms with van der Waals surface area (Å²) < 4.78 is 1.52. The molecule has 1 aromatic heterocycles. The van der Waals surface area contributed by atoms with Crippen LogP contribution < -0.4 is 5.32 Å². The standard InChI is InChI=1S/C15H14N4O/c1-19-9-11(8-16)14(18-19)17-15(20)13-7-12(13)10-5-3-2-4-6-10/h2-6,9,12-13H,7H2,1H3,(H,17,18,20). The van der Waals surface area contributed by atoms with Crippen LogP contribution in [0.5, 0.6) is 0 Å². The number of carbonyl (C=O) groups is 1. The van der Waals surface area contributed by atoms with E-state index >= 15 is 0 Å². The summed E-state index contributed by atoms with van der Waals surface area (Å²) in [6.07, 6.45) is 2.45. The van der Waals surface area contributed by atoms with E-state index in [0.29, 0.717) is 11.4 Å². The van der Waals surface area contributed by atoms with E-state index in [1.54, 1.807) is 13.2 Å². The second-order valence-electron chi connectivity index (χ2n) is 5.03. The molecule has 1 aromatic carbocycles. The molecule has 5 nitrogen and oxygen atoms in total. The molecule has 1 saturated carbocycles. The Labute approximate surface area is 116 Å². The topological polar surface area (TPSA) is 70.7 Å². The maximum absolute atomic E-state index is 12.2. The van der Waals surface area contributed by atoms with Gasteiger partial charge in [-0.2, -0.15) is 10.4 Å². The number of carbonyl (C=O) groups excluding carboxylic acids is 1. The number of hydrogen-bond acceptors (Lipinski definition) is 3. The number of aryl methyl sites for hydroxylation is 1. The second kappa shape index (κ2) is 4.82. The van der Waals surface area contributed by atoms with E-state index < -0.39 is 0 Å². The van der Waals surface area contributed by atoms with Crippen molar-refractivity contribution in [3.05, 3.63) is 47.7 Å². The molecule has 1 heterocycles. The van der Waals surface area contributed by atoms with Crippen molar-refractivity contribution in [3.8, 4) is 6.07 Å². The Hall–Kier alpha value is -2.61. The highest BCUT2D eigenvalue weighted by Crippen LogP contribution is 2.47. The average molecular weight is 266 g/mol. The number of nitriles is 1. The first-order chi connectivity index (χ1) is 9.69. The van der Waals surface area contributed by atoms with Gasteiger partial charge in [0.1, 0.15) is 11.6 Å². The molecule has 100 valence electrons. The van der Waals surface area contributed by atoms with Crippen molar-refractivity contribution in [3.63, 3.8) is 0 Å². The molecule has 2 atom stereocenters. The molecule has 0 spiro atoms. The van der Waals surface area contributed by atoms with Crippen LogP contribution in [0.15, 0.2) is 36.5 Å². The quantitative estimate of drug-likeness (QED) is 0.924. The largest absolute Gasteiger partial charge is 0.308 e. The average Bonchev–Trinajstić information content (AvgIpc) is 3.18. The van der Waals surface area contributed by atoms with E-state index in [-0.39, 0.29) is 17.7 Å². The number of amides is 1. The van der Waals surface area contributed by atoms with Gasteiger partial charge in [0.05, 0.1) is 0 Å². The Morgan fingerprint density at radius 1 is 1.45 bits per heavy atom. The first-order valence-corrected chi connectivity index (χ1v) is 6.48. The lowest BCUT2D eigenvalue weighted by atomic mass is 10.1. The first-order valence-electron chi connectivity index (χ1n) is 6.48. The third kappa shape index (κ3) is 2.28. The van der Waals surface area contributed by atoms with E-state index in [1.165, 1.54) is 10.2 Å². The molecule has 2 unspecified atom stereocenters. The van der Waals surface area contributed by atoms with Crippen molar-refractivity contribution < 1.29 is 4.79 Å². The van der Waals surface area contributed by atoms with Crippen molar-refractivity contribution >= 4 is 11.7 Å². The van der Waals surface area contributed by atoms with Crippen LogP contribution in [0, 0.1) is 17.2 Å². The molecule has 5 heteroatoms. The molecule has 1 N–H and O–H groups in total. The molecule has 1 amide bonds. The lowest BCUT2D eigenvalue weighted by Gasteiger charge is -2.02. The number of nitrogens with zero attached hydrogens (tertiary/aromatic N) is 3. The summed E-state index contributed by atoms with van der Waals surface area (Å²) in [5.41, 5.74) is 1.58. The zero-order valence-corrected chi connectivity index (χ0v) is 11.1. The van der Waals surface area contributed by atoms with Gasteiger partial charge in [-0.1, -0.05) is 30.3 Å². The summed E-state index contributed by atoms with van der Waals surface area (Å²) in [7, 11) is 1.72. The molecular weight excluding hydrogens is 252 g/mol. The fourth-order valence-electron chi connectivity index (χ4n) is 2.43. The van der Waals surface area contributed by atoms with Crippen LogP contribution in [-0.2, 0) is 11.8 Å². The van der Waals surface area contributed by atoms with Gasteiger partial charge in [0.2, 0.25) is 5.91 Å². The fraction of sp³-hybridized carbons (Fsp3) is 0.267. The van der Waals surface area contributed by atoms with Gasteiger partial charge in [-0.3, -0.25) is 9.48 Å². The highest BCUT2D eigenvalue weighted by Gasteiger charge is 2.44. The summed E-state index contributed by atoms with van der Waals surface area (Å²) in [5, 5.41) is 15.8. The smallest absolute Gasteiger partial charge is 0.229 e. The van der Waals surface area contributed by atoms with Gasteiger partial charge in [-0.25, -0.2) is 0 Å². The van der Waals surface area contributed by atoms with E-state index in [4.69, 9.17) is 5.26 Å². The monoisotopic (exact) mass is 266 g/mol. The van der Waals surface area contributed by atoms with Crippen LogP contribution in [0.25, 0.3) is 0 Å². The predicted octanol–water partition coefficient (Wildman–Crippen LogP) is 2.03. The minimum absolute atomic E-state index is 0.0223. The number of aromatic nitrogens is 2. The molecule has 0 saturated heterocycles. The van der Waals surface area contributed by atoms with Crippen molar-refractivity contribution in [2.24, 2.45) is 13.0 Å². The highest BCUT2D eigenvalue weighted by molar-refractivity contribution is 5.95. The van der Waals surface area contributed by atoms with Gasteiger partial charge >= 0.3 is 0 Å². The fourth-order valence-corrected chi connectivity index (χ4v) is 2.43. The Bertz CT molecular complexity index is 684. The highest BCUT2D eigenvalue weighted by atomic mass is 16.2. The Kier molecular flexibility index (Phi) is 2.99. The lowest BCUT2D eigenvalue weighted by molar-refractivity contribution is -0.117. The molecular formula is C15H14N4O. The zero-order chi connectivity index (χ0) is 14.1. The van der Waals surface area contributed by atoms with Crippen molar-refractivity contribution in [2.75, 3.05) is 5.32 Å². The number of benzene rings is 1. The number of hydrogen-bond donors (Lipinski definition) is 1. The Balaban J connectivity index is 1.69. The van der Waals surface area contributed by atoms with E-state index in [1.807, 2.05) is 36.4 Å². The molecule has 3 rings (SSSR count). The maximum atomic E-state index is 12.2. The van der Waals surface area contributed by atoms with Crippen molar-refractivity contribution in [1.29, 1.82) is 5.26 Å². The van der Waals surface area contributed by atoms with Crippen LogP contribution in [-0.4, -0.2) is 15.7 Å². The summed E-state index contributed by atoms with van der Waals surface area (Å²) in [6, 6.07) is 12.0. The molecule has 1 fully saturated rings. The number of rotatable bonds is 3. The van der Waals surface area contributed by atoms with Gasteiger partial charge < -0.3 is 5.32 Å². The summed E-state index contributed by atoms with van der Waals surface area (Å²) >= 11 is 0. The van der Waals surface area contributed by atoms with Crippen molar-refractivity contribution in [2.45, 2.75) is 12.3 Å². The van der Waals surface area contributed by atoms with Crippen LogP contribution in [0.1, 0.15) is 23.5 Å². The van der Waals surface area contributed by atoms with Gasteiger partial charge in [0.15, 0.2) is 5.82 Å². The third-order valence-corrected chi connectivity index (χ3v) is 3.55. The predicted molar refractivity (Wildman–Crippen MR) is 73.8 cm³/mol. The molecule has 1 aliphatic carbocycles. The molecule has 0 bridgehead atoms. The normalized spacial score (nSPS) is 20.2. The molecule has 0 aliphatic heterocycles. The third-order valence-electron chi connectivity index (χ3n) is 3.55. The number of anilines is 1. The Morgan fingerprint density at radius 2 is 2.20 bits per heavy atom. The van der Waals surface area contributed by atoms with Gasteiger partial charge in [0.25, 0.3) is 0 Å². The van der Waals surface area contributed by atoms with Gasteiger partial charge in [-0.05, 0) is 17.9 Å². The second-order valence-corrected chi connectivity index (χ2v) is 5.03. The molecule has 0 radical (unpaired) electrons. The summed E-state index contributed by atoms with van der Waals surface area (Å²) in [4.78, 5) is 12.2. The van der Waals surface area contributed by atoms with E-state index in [0.717, 1.165) is 6.42 Å². The molecule has 2 aromatic rings. The maximum Gasteiger partial charge on any atom is 0.229 e. The van der Waals surface area contributed by atoms with Crippen molar-refractivity contribution in [1.82, 2.24) is 9.78 Å². The summed E-state index contributed by atoms with van der Waals surface area (Å²) in [5.74, 6) is 0.546. The van der Waals surface area contributed by atoms with E-state index in [9.17, 15) is 4.79 Å². The molecule has 20 heavy (non-hydrogen) atoms. The first kappa shape index (κ1) is 12.4. The SMILES string of the molecule is Cn1cc(C#N)c(NC(=O)C2CC2c2ccccc2)n1. The Morgan fingerprint density at radius 3 is 2.90 bits per heavy atom. The van der Waals surface area contributed by atoms with E-state index in [2.05, 4.69) is 10.4 Å². The van der Waals surface area contributed by atoms with Crippen LogP contribution >= 0.6 is 0 Å².